The van der Waals surface area contributed by atoms with E-state index >= 15 is 0 Å². The van der Waals surface area contributed by atoms with Gasteiger partial charge in [0, 0.05) is 12.0 Å². The fraction of sp³-hybridized carbons (Fsp3) is 0.857. The molecule has 0 bridgehead atoms. The monoisotopic (exact) mass is 267 g/mol. The maximum atomic E-state index is 9.52. The molecule has 0 unspecified atom stereocenters. The van der Waals surface area contributed by atoms with Gasteiger partial charge in [0.25, 0.3) is 0 Å². The van der Waals surface area contributed by atoms with E-state index in [0.717, 1.165) is 31.5 Å². The third-order valence-electron chi connectivity index (χ3n) is 3.93. The van der Waals surface area contributed by atoms with Gasteiger partial charge in [0.15, 0.2) is 5.82 Å². The predicted octanol–water partition coefficient (Wildman–Crippen LogP) is 2.05. The number of aromatic nitrogens is 2. The summed E-state index contributed by atoms with van der Waals surface area (Å²) in [5.74, 6) is 2.06. The molecule has 0 aromatic carbocycles. The van der Waals surface area contributed by atoms with Crippen LogP contribution in [0.3, 0.4) is 0 Å². The molecule has 0 radical (unpaired) electrons. The zero-order chi connectivity index (χ0) is 13.7. The Morgan fingerprint density at radius 3 is 2.74 bits per heavy atom. The van der Waals surface area contributed by atoms with Crippen LogP contribution >= 0.6 is 0 Å². The van der Waals surface area contributed by atoms with Crippen molar-refractivity contribution in [3.63, 3.8) is 0 Å². The minimum absolute atomic E-state index is 0.132. The summed E-state index contributed by atoms with van der Waals surface area (Å²) < 4.78 is 5.24. The lowest BCUT2D eigenvalue weighted by Crippen LogP contribution is -2.45. The fourth-order valence-corrected chi connectivity index (χ4v) is 2.59. The van der Waals surface area contributed by atoms with Gasteiger partial charge in [-0.05, 0) is 25.2 Å². The van der Waals surface area contributed by atoms with Crippen LogP contribution in [0.1, 0.15) is 57.7 Å². The number of hydrogen-bond acceptors (Lipinski definition) is 5. The number of aryl methyl sites for hydroxylation is 1. The number of aliphatic hydroxyl groups is 1. The van der Waals surface area contributed by atoms with Gasteiger partial charge >= 0.3 is 0 Å². The predicted molar refractivity (Wildman–Crippen MR) is 72.6 cm³/mol. The molecule has 1 aromatic rings. The van der Waals surface area contributed by atoms with Gasteiger partial charge in [0.05, 0.1) is 13.2 Å². The maximum absolute atomic E-state index is 9.52. The molecule has 1 heterocycles. The topological polar surface area (TPSA) is 71.2 Å². The molecule has 19 heavy (non-hydrogen) atoms. The zero-order valence-corrected chi connectivity index (χ0v) is 12.0. The van der Waals surface area contributed by atoms with Crippen LogP contribution in [0.4, 0.5) is 0 Å². The first-order valence-corrected chi connectivity index (χ1v) is 7.31. The second kappa shape index (κ2) is 6.48. The van der Waals surface area contributed by atoms with Crippen molar-refractivity contribution in [3.05, 3.63) is 11.7 Å². The highest BCUT2D eigenvalue weighted by molar-refractivity contribution is 4.94. The molecular weight excluding hydrogens is 242 g/mol. The highest BCUT2D eigenvalue weighted by atomic mass is 16.5. The van der Waals surface area contributed by atoms with Crippen molar-refractivity contribution < 1.29 is 9.63 Å². The third-order valence-corrected chi connectivity index (χ3v) is 3.93. The lowest BCUT2D eigenvalue weighted by atomic mass is 9.99. The molecule has 2 N–H and O–H groups in total. The molecule has 5 heteroatoms. The molecule has 2 rings (SSSR count). The van der Waals surface area contributed by atoms with Gasteiger partial charge in [-0.25, -0.2) is 0 Å². The Morgan fingerprint density at radius 2 is 2.11 bits per heavy atom. The van der Waals surface area contributed by atoms with Gasteiger partial charge in [-0.1, -0.05) is 31.8 Å². The van der Waals surface area contributed by atoms with Crippen LogP contribution in [0.5, 0.6) is 0 Å². The average Bonchev–Trinajstić information content (AvgIpc) is 3.04. The summed E-state index contributed by atoms with van der Waals surface area (Å²) in [4.78, 5) is 4.39. The first-order chi connectivity index (χ1) is 9.13. The smallest absolute Gasteiger partial charge is 0.240 e. The highest BCUT2D eigenvalue weighted by Gasteiger charge is 2.32. The molecule has 1 aromatic heterocycles. The molecule has 0 spiro atoms. The van der Waals surface area contributed by atoms with Crippen molar-refractivity contribution in [3.8, 4) is 0 Å². The van der Waals surface area contributed by atoms with Crippen LogP contribution in [0, 0.1) is 5.92 Å². The number of aliphatic hydroxyl groups excluding tert-OH is 1. The van der Waals surface area contributed by atoms with E-state index in [1.165, 1.54) is 12.8 Å². The largest absolute Gasteiger partial charge is 0.394 e. The summed E-state index contributed by atoms with van der Waals surface area (Å²) in [5.41, 5.74) is -0.132. The molecule has 1 aliphatic rings. The van der Waals surface area contributed by atoms with E-state index in [-0.39, 0.29) is 12.1 Å². The van der Waals surface area contributed by atoms with Crippen molar-refractivity contribution in [1.29, 1.82) is 0 Å². The summed E-state index contributed by atoms with van der Waals surface area (Å²) in [6.07, 6.45) is 6.35. The standard InChI is InChI=1S/C14H25N3O2/c1-11(2)5-6-12-16-13(19-17-12)9-15-14(10-18)7-3-4-8-14/h11,15,18H,3-10H2,1-2H3. The van der Waals surface area contributed by atoms with Gasteiger partial charge in [0.1, 0.15) is 0 Å². The highest BCUT2D eigenvalue weighted by Crippen LogP contribution is 2.29. The van der Waals surface area contributed by atoms with Gasteiger partial charge in [0.2, 0.25) is 5.89 Å². The molecule has 5 nitrogen and oxygen atoms in total. The molecule has 0 amide bonds. The van der Waals surface area contributed by atoms with Crippen molar-refractivity contribution in [2.24, 2.45) is 5.92 Å². The SMILES string of the molecule is CC(C)CCc1noc(CNC2(CO)CCCC2)n1. The first-order valence-electron chi connectivity index (χ1n) is 7.31. The second-order valence-electron chi connectivity index (χ2n) is 6.04. The van der Waals surface area contributed by atoms with Crippen LogP contribution in [0.2, 0.25) is 0 Å². The Labute approximate surface area is 114 Å². The van der Waals surface area contributed by atoms with E-state index in [2.05, 4.69) is 29.3 Å². The number of rotatable bonds is 7. The molecule has 108 valence electrons. The lowest BCUT2D eigenvalue weighted by Gasteiger charge is -2.27. The van der Waals surface area contributed by atoms with Gasteiger partial charge in [-0.2, -0.15) is 4.98 Å². The molecule has 0 saturated heterocycles. The van der Waals surface area contributed by atoms with Crippen molar-refractivity contribution in [2.45, 2.75) is 64.5 Å². The van der Waals surface area contributed by atoms with E-state index in [1.54, 1.807) is 0 Å². The minimum Gasteiger partial charge on any atom is -0.394 e. The van der Waals surface area contributed by atoms with E-state index < -0.39 is 0 Å². The molecular formula is C14H25N3O2. The van der Waals surface area contributed by atoms with E-state index in [1.807, 2.05) is 0 Å². The molecule has 0 aliphatic heterocycles. The quantitative estimate of drug-likeness (QED) is 0.791. The number of nitrogens with zero attached hydrogens (tertiary/aromatic N) is 2. The van der Waals surface area contributed by atoms with E-state index in [0.29, 0.717) is 18.4 Å². The Balaban J connectivity index is 1.82. The summed E-state index contributed by atoms with van der Waals surface area (Å²) in [6, 6.07) is 0. The molecule has 0 atom stereocenters. The molecule has 1 fully saturated rings. The average molecular weight is 267 g/mol. The van der Waals surface area contributed by atoms with Crippen molar-refractivity contribution >= 4 is 0 Å². The number of hydrogen-bond donors (Lipinski definition) is 2. The Morgan fingerprint density at radius 1 is 1.37 bits per heavy atom. The van der Waals surface area contributed by atoms with Gasteiger partial charge < -0.3 is 14.9 Å². The van der Waals surface area contributed by atoms with Crippen molar-refractivity contribution in [2.75, 3.05) is 6.61 Å². The summed E-state index contributed by atoms with van der Waals surface area (Å²) in [6.45, 7) is 5.11. The Hall–Kier alpha value is -0.940. The van der Waals surface area contributed by atoms with E-state index in [9.17, 15) is 5.11 Å². The zero-order valence-electron chi connectivity index (χ0n) is 12.0. The summed E-state index contributed by atoms with van der Waals surface area (Å²) in [5, 5.41) is 16.9. The Bertz CT molecular complexity index is 384. The first kappa shape index (κ1) is 14.5. The second-order valence-corrected chi connectivity index (χ2v) is 6.04. The Kier molecular flexibility index (Phi) is 4.93. The van der Waals surface area contributed by atoms with Gasteiger partial charge in [-0.3, -0.25) is 0 Å². The normalized spacial score (nSPS) is 18.3. The third kappa shape index (κ3) is 4.01. The summed E-state index contributed by atoms with van der Waals surface area (Å²) >= 11 is 0. The van der Waals surface area contributed by atoms with Crippen molar-refractivity contribution in [1.82, 2.24) is 15.5 Å². The lowest BCUT2D eigenvalue weighted by molar-refractivity contribution is 0.158. The fourth-order valence-electron chi connectivity index (χ4n) is 2.59. The minimum atomic E-state index is -0.132. The van der Waals surface area contributed by atoms with Crippen LogP contribution in [0.25, 0.3) is 0 Å². The van der Waals surface area contributed by atoms with Crippen LogP contribution in [0.15, 0.2) is 4.52 Å². The molecule has 1 saturated carbocycles. The van der Waals surface area contributed by atoms with E-state index in [4.69, 9.17) is 4.52 Å². The summed E-state index contributed by atoms with van der Waals surface area (Å²) in [7, 11) is 0. The molecule has 1 aliphatic carbocycles. The van der Waals surface area contributed by atoms with Crippen LogP contribution in [-0.4, -0.2) is 27.4 Å². The van der Waals surface area contributed by atoms with Crippen LogP contribution < -0.4 is 5.32 Å². The van der Waals surface area contributed by atoms with Crippen LogP contribution in [-0.2, 0) is 13.0 Å². The maximum Gasteiger partial charge on any atom is 0.240 e. The van der Waals surface area contributed by atoms with Gasteiger partial charge in [-0.15, -0.1) is 0 Å². The number of nitrogens with one attached hydrogen (secondary N) is 1.